The van der Waals surface area contributed by atoms with Crippen molar-refractivity contribution >= 4 is 76.8 Å². The van der Waals surface area contributed by atoms with Crippen molar-refractivity contribution in [3.8, 4) is 16.8 Å². The number of fused-ring (bicyclic) bond motifs is 9. The summed E-state index contributed by atoms with van der Waals surface area (Å²) >= 11 is 1.95. The van der Waals surface area contributed by atoms with Crippen LogP contribution in [-0.2, 0) is 6.42 Å². The lowest BCUT2D eigenvalue weighted by Crippen LogP contribution is -2.03. The molecule has 1 aliphatic rings. The number of aromatic nitrogens is 2. The van der Waals surface area contributed by atoms with Crippen molar-refractivity contribution in [3.05, 3.63) is 150 Å². The van der Waals surface area contributed by atoms with E-state index in [0.29, 0.717) is 0 Å². The summed E-state index contributed by atoms with van der Waals surface area (Å²) in [5.74, 6) is 0. The molecule has 2 nitrogen and oxygen atoms in total. The normalized spacial score (nSPS) is 13.3. The number of allylic oxidation sites excluding steroid dienone is 1. The van der Waals surface area contributed by atoms with Crippen LogP contribution in [0.1, 0.15) is 16.9 Å². The molecule has 0 bridgehead atoms. The molecule has 0 fully saturated rings. The van der Waals surface area contributed by atoms with E-state index in [1.165, 1.54) is 86.6 Å². The molecule has 3 aromatic heterocycles. The first kappa shape index (κ1) is 25.0. The van der Waals surface area contributed by atoms with E-state index in [-0.39, 0.29) is 0 Å². The Morgan fingerprint density at radius 1 is 0.444 bits per heavy atom. The molecule has 0 atom stereocenters. The largest absolute Gasteiger partial charge is 0.313 e. The van der Waals surface area contributed by atoms with Crippen molar-refractivity contribution in [3.63, 3.8) is 0 Å². The van der Waals surface area contributed by atoms with Gasteiger partial charge < -0.3 is 9.13 Å². The fraction of sp³-hybridized carbons (Fsp3) is 0.0476. The van der Waals surface area contributed by atoms with Gasteiger partial charge in [-0.25, -0.2) is 0 Å². The minimum absolute atomic E-state index is 1.04. The van der Waals surface area contributed by atoms with Crippen molar-refractivity contribution in [2.75, 3.05) is 0 Å². The highest BCUT2D eigenvalue weighted by Crippen LogP contribution is 2.42. The van der Waals surface area contributed by atoms with Crippen LogP contribution in [0.25, 0.3) is 82.3 Å². The van der Waals surface area contributed by atoms with Gasteiger partial charge in [0.15, 0.2) is 0 Å². The molecule has 6 aromatic carbocycles. The molecule has 0 amide bonds. The molecule has 3 heteroatoms. The zero-order valence-electron chi connectivity index (χ0n) is 24.6. The van der Waals surface area contributed by atoms with Gasteiger partial charge in [-0.3, -0.25) is 0 Å². The quantitative estimate of drug-likeness (QED) is 0.193. The number of hydrogen-bond acceptors (Lipinski definition) is 1. The van der Waals surface area contributed by atoms with Crippen molar-refractivity contribution in [1.82, 2.24) is 9.13 Å². The lowest BCUT2D eigenvalue weighted by Gasteiger charge is -2.17. The Hall–Kier alpha value is -5.38. The maximum absolute atomic E-state index is 2.51. The lowest BCUT2D eigenvalue weighted by atomic mass is 9.99. The third-order valence-electron chi connectivity index (χ3n) is 9.61. The average molecular weight is 593 g/mol. The summed E-state index contributed by atoms with van der Waals surface area (Å²) in [4.78, 5) is 1.51. The molecule has 0 saturated heterocycles. The molecule has 3 heterocycles. The van der Waals surface area contributed by atoms with E-state index in [1.54, 1.807) is 0 Å². The molecule has 45 heavy (non-hydrogen) atoms. The predicted octanol–water partition coefficient (Wildman–Crippen LogP) is 11.7. The van der Waals surface area contributed by atoms with Gasteiger partial charge in [0.2, 0.25) is 0 Å². The molecule has 212 valence electrons. The molecule has 0 N–H and O–H groups in total. The Balaban J connectivity index is 1.16. The zero-order valence-corrected chi connectivity index (χ0v) is 25.4. The Morgan fingerprint density at radius 3 is 1.71 bits per heavy atom. The number of benzene rings is 6. The minimum Gasteiger partial charge on any atom is -0.313 e. The molecule has 0 radical (unpaired) electrons. The van der Waals surface area contributed by atoms with Gasteiger partial charge in [-0.15, -0.1) is 11.3 Å². The lowest BCUT2D eigenvalue weighted by molar-refractivity contribution is 0.968. The maximum atomic E-state index is 2.51. The second kappa shape index (κ2) is 9.56. The third kappa shape index (κ3) is 3.68. The van der Waals surface area contributed by atoms with E-state index in [1.807, 2.05) is 11.3 Å². The summed E-state index contributed by atoms with van der Waals surface area (Å²) in [6.45, 7) is 0. The molecule has 0 saturated carbocycles. The number of nitrogens with zero attached hydrogens (tertiary/aromatic N) is 2. The second-order valence-corrected chi connectivity index (χ2v) is 13.2. The summed E-state index contributed by atoms with van der Waals surface area (Å²) in [5.41, 5.74) is 11.5. The van der Waals surface area contributed by atoms with Crippen LogP contribution in [-0.4, -0.2) is 9.13 Å². The standard InChI is InChI=1S/C42H28N2S/c1-2-10-29(11-3-1)43-37-15-7-4-12-31(37)34-24-27(18-21-39(34)43)28-19-22-40-35(25-28)32-13-5-8-16-38(32)44(40)30-20-23-42-36(26-30)33-14-6-9-17-41(33)45-42/h1-19,21-22,24-26H,20,23H2. The molecular formula is C42H28N2S. The van der Waals surface area contributed by atoms with Crippen LogP contribution in [0.5, 0.6) is 0 Å². The highest BCUT2D eigenvalue weighted by molar-refractivity contribution is 7.19. The van der Waals surface area contributed by atoms with Crippen molar-refractivity contribution in [2.45, 2.75) is 12.8 Å². The van der Waals surface area contributed by atoms with E-state index in [4.69, 9.17) is 0 Å². The summed E-state index contributed by atoms with van der Waals surface area (Å²) in [6, 6.07) is 51.2. The van der Waals surface area contributed by atoms with Gasteiger partial charge in [-0.05, 0) is 90.2 Å². The first-order valence-electron chi connectivity index (χ1n) is 15.7. The number of rotatable bonds is 3. The highest BCUT2D eigenvalue weighted by atomic mass is 32.1. The highest BCUT2D eigenvalue weighted by Gasteiger charge is 2.21. The molecule has 10 rings (SSSR count). The fourth-order valence-electron chi connectivity index (χ4n) is 7.59. The summed E-state index contributed by atoms with van der Waals surface area (Å²) < 4.78 is 6.28. The van der Waals surface area contributed by atoms with Crippen molar-refractivity contribution in [1.29, 1.82) is 0 Å². The average Bonchev–Trinajstić information content (AvgIpc) is 3.75. The Bertz CT molecular complexity index is 2650. The van der Waals surface area contributed by atoms with Gasteiger partial charge in [0.25, 0.3) is 0 Å². The van der Waals surface area contributed by atoms with Gasteiger partial charge in [0, 0.05) is 47.9 Å². The minimum atomic E-state index is 1.04. The fourth-order valence-corrected chi connectivity index (χ4v) is 8.77. The molecular weight excluding hydrogens is 565 g/mol. The van der Waals surface area contributed by atoms with Gasteiger partial charge >= 0.3 is 0 Å². The van der Waals surface area contributed by atoms with Gasteiger partial charge in [0.05, 0.1) is 22.1 Å². The zero-order chi connectivity index (χ0) is 29.5. The SMILES string of the molecule is C1=C(n2c3ccccc3c3cc(-c4ccc5c(c4)c4ccccc4n5-c4ccccc4)ccc32)CCc2sc3ccccc3c21. The maximum Gasteiger partial charge on any atom is 0.0541 e. The van der Waals surface area contributed by atoms with Crippen LogP contribution < -0.4 is 0 Å². The molecule has 9 aromatic rings. The van der Waals surface area contributed by atoms with Crippen LogP contribution in [0, 0.1) is 0 Å². The van der Waals surface area contributed by atoms with Crippen molar-refractivity contribution in [2.24, 2.45) is 0 Å². The van der Waals surface area contributed by atoms with Gasteiger partial charge in [-0.2, -0.15) is 0 Å². The summed E-state index contributed by atoms with van der Waals surface area (Å²) in [5, 5.41) is 6.54. The number of thiophene rings is 1. The first-order valence-corrected chi connectivity index (χ1v) is 16.5. The Morgan fingerprint density at radius 2 is 1.00 bits per heavy atom. The molecule has 0 unspecified atom stereocenters. The topological polar surface area (TPSA) is 9.86 Å². The van der Waals surface area contributed by atoms with Crippen LogP contribution >= 0.6 is 11.3 Å². The monoisotopic (exact) mass is 592 g/mol. The Kier molecular flexibility index (Phi) is 5.31. The summed E-state index contributed by atoms with van der Waals surface area (Å²) in [6.07, 6.45) is 4.58. The molecule has 0 spiro atoms. The number of para-hydroxylation sites is 3. The number of hydrogen-bond donors (Lipinski definition) is 0. The van der Waals surface area contributed by atoms with E-state index >= 15 is 0 Å². The smallest absolute Gasteiger partial charge is 0.0541 e. The van der Waals surface area contributed by atoms with Crippen LogP contribution in [0.15, 0.2) is 140 Å². The molecule has 1 aliphatic carbocycles. The van der Waals surface area contributed by atoms with Gasteiger partial charge in [0.1, 0.15) is 0 Å². The predicted molar refractivity (Wildman–Crippen MR) is 194 cm³/mol. The van der Waals surface area contributed by atoms with Crippen LogP contribution in [0.2, 0.25) is 0 Å². The summed E-state index contributed by atoms with van der Waals surface area (Å²) in [7, 11) is 0. The first-order chi connectivity index (χ1) is 22.3. The number of aryl methyl sites for hydroxylation is 1. The third-order valence-corrected chi connectivity index (χ3v) is 10.9. The van der Waals surface area contributed by atoms with Gasteiger partial charge in [-0.1, -0.05) is 84.9 Å². The van der Waals surface area contributed by atoms with E-state index in [0.717, 1.165) is 12.8 Å². The second-order valence-electron chi connectivity index (χ2n) is 12.1. The van der Waals surface area contributed by atoms with E-state index in [2.05, 4.69) is 155 Å². The molecule has 0 aliphatic heterocycles. The van der Waals surface area contributed by atoms with Crippen LogP contribution in [0.3, 0.4) is 0 Å². The van der Waals surface area contributed by atoms with E-state index in [9.17, 15) is 0 Å². The van der Waals surface area contributed by atoms with Crippen molar-refractivity contribution < 1.29 is 0 Å². The Labute approximate surface area is 264 Å². The van der Waals surface area contributed by atoms with Crippen LogP contribution in [0.4, 0.5) is 0 Å². The van der Waals surface area contributed by atoms with E-state index < -0.39 is 0 Å².